The van der Waals surface area contributed by atoms with E-state index in [0.717, 1.165) is 70.5 Å². The standard InChI is InChI=1S/C44H76N4O13S/c1-6-7-8-9-10-11-14-17-20-23-34(51)32(22-19-16-13-12-15-18-21-26-49)27-37(53)59-28-35-39(54)40(38(44(62)61-35)47-31(4)50)60-30(3)43(57)46-29(2)42(56)48-33(41(45)55)24-25-36(52)58-5/h26,29-30,32-33,35,38-40,44,54,62H,6-25,27-28H2,1-5H3,(H2,45,55)(H,46,57)(H,47,50)(H,48,56)/t29-,30?,32+,33+,35+,38+,39+,40-,44-/m0/s1. The number of amides is 4. The van der Waals surface area contributed by atoms with Gasteiger partial charge in [0.2, 0.25) is 23.6 Å². The number of esters is 2. The molecule has 1 aliphatic rings. The van der Waals surface area contributed by atoms with Gasteiger partial charge in [-0.2, -0.15) is 0 Å². The Morgan fingerprint density at radius 1 is 0.806 bits per heavy atom. The van der Waals surface area contributed by atoms with Crippen molar-refractivity contribution in [2.75, 3.05) is 13.7 Å². The first-order chi connectivity index (χ1) is 29.6. The lowest BCUT2D eigenvalue weighted by Crippen LogP contribution is -2.64. The monoisotopic (exact) mass is 901 g/mol. The van der Waals surface area contributed by atoms with Gasteiger partial charge in [0.1, 0.15) is 60.6 Å². The summed E-state index contributed by atoms with van der Waals surface area (Å²) in [7, 11) is 1.18. The number of aldehydes is 1. The number of rotatable bonds is 35. The Morgan fingerprint density at radius 2 is 1.40 bits per heavy atom. The first-order valence-corrected chi connectivity index (χ1v) is 23.1. The van der Waals surface area contributed by atoms with Crippen LogP contribution in [0.15, 0.2) is 0 Å². The highest BCUT2D eigenvalue weighted by molar-refractivity contribution is 7.80. The lowest BCUT2D eigenvalue weighted by molar-refractivity contribution is -0.204. The first-order valence-electron chi connectivity index (χ1n) is 22.6. The fraction of sp³-hybridized carbons (Fsp3) is 0.818. The van der Waals surface area contributed by atoms with Crippen molar-refractivity contribution in [1.29, 1.82) is 0 Å². The number of ketones is 1. The van der Waals surface area contributed by atoms with E-state index < -0.39 is 96.1 Å². The second kappa shape index (κ2) is 33.0. The van der Waals surface area contributed by atoms with Crippen molar-refractivity contribution in [3.05, 3.63) is 0 Å². The molecular weight excluding hydrogens is 825 g/mol. The van der Waals surface area contributed by atoms with Crippen LogP contribution in [0.1, 0.15) is 163 Å². The molecule has 1 fully saturated rings. The molecule has 17 nitrogen and oxygen atoms in total. The molecule has 0 aliphatic carbocycles. The predicted molar refractivity (Wildman–Crippen MR) is 234 cm³/mol. The SMILES string of the molecule is CCCCCCCCCCCC(=O)[C@H](CCCCCCCCC=O)CC(=O)OC[C@H]1O[C@@H](S)[C@H](NC(C)=O)[C@H](OC(C)C(=O)N[C@@H](C)C(=O)N[C@H](CCC(=O)OC)C(N)=O)[C@@H]1O. The summed E-state index contributed by atoms with van der Waals surface area (Å²) in [5.41, 5.74) is 4.30. The number of ether oxygens (including phenoxy) is 4. The van der Waals surface area contributed by atoms with Gasteiger partial charge in [0.25, 0.3) is 0 Å². The molecule has 0 spiro atoms. The molecule has 0 aromatic carbocycles. The zero-order valence-electron chi connectivity index (χ0n) is 37.7. The van der Waals surface area contributed by atoms with E-state index in [9.17, 15) is 43.5 Å². The van der Waals surface area contributed by atoms with Crippen LogP contribution in [0, 0.1) is 5.92 Å². The van der Waals surface area contributed by atoms with Crippen molar-refractivity contribution in [1.82, 2.24) is 16.0 Å². The molecule has 1 unspecified atom stereocenters. The molecule has 1 saturated heterocycles. The number of thiol groups is 1. The highest BCUT2D eigenvalue weighted by Gasteiger charge is 2.47. The lowest BCUT2D eigenvalue weighted by atomic mass is 9.90. The summed E-state index contributed by atoms with van der Waals surface area (Å²) in [5, 5.41) is 18.9. The van der Waals surface area contributed by atoms with Gasteiger partial charge in [-0.1, -0.05) is 90.4 Å². The number of aliphatic hydroxyl groups excluding tert-OH is 1. The van der Waals surface area contributed by atoms with E-state index in [4.69, 9.17) is 19.9 Å². The van der Waals surface area contributed by atoms with Crippen LogP contribution in [0.25, 0.3) is 0 Å². The average Bonchev–Trinajstić information content (AvgIpc) is 3.23. The molecule has 1 rings (SSSR count). The molecule has 4 amide bonds. The third kappa shape index (κ3) is 23.7. The van der Waals surface area contributed by atoms with Crippen LogP contribution < -0.4 is 21.7 Å². The van der Waals surface area contributed by atoms with Crippen molar-refractivity contribution in [3.63, 3.8) is 0 Å². The van der Waals surface area contributed by atoms with Crippen molar-refractivity contribution >= 4 is 60.3 Å². The van der Waals surface area contributed by atoms with Crippen LogP contribution in [0.4, 0.5) is 0 Å². The van der Waals surface area contributed by atoms with Gasteiger partial charge in [0.15, 0.2) is 0 Å². The summed E-state index contributed by atoms with van der Waals surface area (Å²) in [5.74, 6) is -4.68. The quantitative estimate of drug-likeness (QED) is 0.0227. The second-order valence-electron chi connectivity index (χ2n) is 16.3. The summed E-state index contributed by atoms with van der Waals surface area (Å²) in [6.45, 7) is 5.71. The molecule has 356 valence electrons. The van der Waals surface area contributed by atoms with Gasteiger partial charge in [-0.05, 0) is 39.5 Å². The minimum atomic E-state index is -1.54. The number of carbonyl (C=O) groups is 8. The van der Waals surface area contributed by atoms with Gasteiger partial charge < -0.3 is 50.5 Å². The van der Waals surface area contributed by atoms with E-state index in [1.54, 1.807) is 0 Å². The maximum atomic E-state index is 13.4. The van der Waals surface area contributed by atoms with E-state index in [-0.39, 0.29) is 25.0 Å². The Hall–Kier alpha value is -3.61. The maximum absolute atomic E-state index is 13.4. The number of hydrogen-bond acceptors (Lipinski definition) is 14. The number of primary amides is 1. The number of nitrogens with two attached hydrogens (primary N) is 1. The minimum Gasteiger partial charge on any atom is -0.469 e. The Bertz CT molecular complexity index is 1390. The second-order valence-corrected chi connectivity index (χ2v) is 16.8. The topological polar surface area (TPSA) is 256 Å². The van der Waals surface area contributed by atoms with E-state index in [1.807, 2.05) is 0 Å². The highest BCUT2D eigenvalue weighted by atomic mass is 32.1. The Labute approximate surface area is 373 Å². The average molecular weight is 901 g/mol. The van der Waals surface area contributed by atoms with E-state index >= 15 is 0 Å². The smallest absolute Gasteiger partial charge is 0.306 e. The lowest BCUT2D eigenvalue weighted by Gasteiger charge is -2.43. The predicted octanol–water partition coefficient (Wildman–Crippen LogP) is 4.07. The first kappa shape index (κ1) is 56.4. The van der Waals surface area contributed by atoms with Crippen molar-refractivity contribution in [2.24, 2.45) is 11.7 Å². The molecule has 1 aliphatic heterocycles. The van der Waals surface area contributed by atoms with Gasteiger partial charge in [-0.15, -0.1) is 12.6 Å². The number of carbonyl (C=O) groups excluding carboxylic acids is 8. The van der Waals surface area contributed by atoms with Crippen LogP contribution in [0.5, 0.6) is 0 Å². The van der Waals surface area contributed by atoms with Crippen molar-refractivity contribution in [3.8, 4) is 0 Å². The molecule has 6 N–H and O–H groups in total. The molecule has 0 aromatic heterocycles. The summed E-state index contributed by atoms with van der Waals surface area (Å²) < 4.78 is 22.0. The zero-order chi connectivity index (χ0) is 46.5. The minimum absolute atomic E-state index is 0.0252. The number of Topliss-reactive ketones (excluding diaryl/α,β-unsaturated/α-hetero) is 1. The number of methoxy groups -OCH3 is 1. The molecule has 0 bridgehead atoms. The zero-order valence-corrected chi connectivity index (χ0v) is 38.6. The normalized spacial score (nSPS) is 20.5. The maximum Gasteiger partial charge on any atom is 0.306 e. The summed E-state index contributed by atoms with van der Waals surface area (Å²) >= 11 is 4.46. The molecule has 0 saturated carbocycles. The molecule has 0 aromatic rings. The van der Waals surface area contributed by atoms with Gasteiger partial charge in [-0.3, -0.25) is 33.6 Å². The van der Waals surface area contributed by atoms with E-state index in [2.05, 4.69) is 40.2 Å². The van der Waals surface area contributed by atoms with Gasteiger partial charge >= 0.3 is 11.9 Å². The van der Waals surface area contributed by atoms with Crippen LogP contribution in [-0.4, -0.2) is 114 Å². The van der Waals surface area contributed by atoms with Gasteiger partial charge in [0.05, 0.1) is 19.6 Å². The number of nitrogens with one attached hydrogen (secondary N) is 3. The number of hydrogen-bond donors (Lipinski definition) is 6. The molecule has 0 radical (unpaired) electrons. The number of aliphatic hydroxyl groups is 1. The Kier molecular flexibility index (Phi) is 30.0. The van der Waals surface area contributed by atoms with E-state index in [1.165, 1.54) is 60.0 Å². The highest BCUT2D eigenvalue weighted by Crippen LogP contribution is 2.28. The van der Waals surface area contributed by atoms with Crippen LogP contribution in [-0.2, 0) is 57.3 Å². The van der Waals surface area contributed by atoms with Crippen molar-refractivity contribution < 1.29 is 62.4 Å². The molecule has 1 heterocycles. The largest absolute Gasteiger partial charge is 0.469 e. The third-order valence-electron chi connectivity index (χ3n) is 11.0. The Balaban J connectivity index is 2.92. The Morgan fingerprint density at radius 3 is 1.98 bits per heavy atom. The summed E-state index contributed by atoms with van der Waals surface area (Å²) in [6, 6.07) is -3.46. The molecular formula is C44H76N4O13S. The fourth-order valence-electron chi connectivity index (χ4n) is 7.21. The fourth-order valence-corrected chi connectivity index (χ4v) is 7.61. The molecule has 18 heteroatoms. The van der Waals surface area contributed by atoms with Crippen molar-refractivity contribution in [2.45, 2.75) is 211 Å². The van der Waals surface area contributed by atoms with Crippen LogP contribution >= 0.6 is 12.6 Å². The van der Waals surface area contributed by atoms with Gasteiger partial charge in [-0.25, -0.2) is 0 Å². The molecule has 62 heavy (non-hydrogen) atoms. The van der Waals surface area contributed by atoms with Gasteiger partial charge in [0, 0.05) is 32.1 Å². The molecule has 9 atom stereocenters. The third-order valence-corrected chi connectivity index (χ3v) is 11.4. The van der Waals surface area contributed by atoms with Crippen LogP contribution in [0.3, 0.4) is 0 Å². The summed E-state index contributed by atoms with van der Waals surface area (Å²) in [6.07, 6.45) is 12.2. The van der Waals surface area contributed by atoms with Crippen LogP contribution in [0.2, 0.25) is 0 Å². The van der Waals surface area contributed by atoms with E-state index in [0.29, 0.717) is 19.3 Å². The number of unbranched alkanes of at least 4 members (excludes halogenated alkanes) is 14. The summed E-state index contributed by atoms with van der Waals surface area (Å²) in [4.78, 5) is 98.8.